The van der Waals surface area contributed by atoms with Gasteiger partial charge in [-0.05, 0) is 20.9 Å². The Bertz CT molecular complexity index is 326. The van der Waals surface area contributed by atoms with E-state index in [4.69, 9.17) is 4.74 Å². The molecule has 0 saturated carbocycles. The molecule has 6 nitrogen and oxygen atoms in total. The van der Waals surface area contributed by atoms with Crippen LogP contribution >= 0.6 is 0 Å². The van der Waals surface area contributed by atoms with Gasteiger partial charge in [0.25, 0.3) is 0 Å². The molecule has 0 aliphatic heterocycles. The molecule has 1 aromatic heterocycles. The van der Waals surface area contributed by atoms with E-state index in [1.54, 1.807) is 13.4 Å². The zero-order valence-corrected chi connectivity index (χ0v) is 11.9. The van der Waals surface area contributed by atoms with Gasteiger partial charge in [-0.2, -0.15) is 5.10 Å². The first-order chi connectivity index (χ1) is 8.65. The Kier molecular flexibility index (Phi) is 6.85. The van der Waals surface area contributed by atoms with Crippen LogP contribution in [0.2, 0.25) is 0 Å². The lowest BCUT2D eigenvalue weighted by Crippen LogP contribution is -2.31. The highest BCUT2D eigenvalue weighted by molar-refractivity contribution is 4.86. The summed E-state index contributed by atoms with van der Waals surface area (Å²) >= 11 is 0. The number of nitrogens with zero attached hydrogens (tertiary/aromatic N) is 4. The summed E-state index contributed by atoms with van der Waals surface area (Å²) in [5.74, 6) is 1.02. The minimum atomic E-state index is 0.357. The first kappa shape index (κ1) is 15.1. The quantitative estimate of drug-likeness (QED) is 0.652. The van der Waals surface area contributed by atoms with Crippen LogP contribution < -0.4 is 5.32 Å². The molecule has 0 aliphatic rings. The summed E-state index contributed by atoms with van der Waals surface area (Å²) in [5.41, 5.74) is 0. The van der Waals surface area contributed by atoms with Crippen LogP contribution in [0.25, 0.3) is 0 Å². The molecule has 0 radical (unpaired) electrons. The van der Waals surface area contributed by atoms with Crippen molar-refractivity contribution in [3.05, 3.63) is 12.2 Å². The number of methoxy groups -OCH3 is 1. The van der Waals surface area contributed by atoms with Crippen LogP contribution in [0.1, 0.15) is 25.7 Å². The van der Waals surface area contributed by atoms with Gasteiger partial charge in [0, 0.05) is 32.8 Å². The highest BCUT2D eigenvalue weighted by Gasteiger charge is 2.09. The van der Waals surface area contributed by atoms with Crippen LogP contribution in [0.4, 0.5) is 0 Å². The molecule has 18 heavy (non-hydrogen) atoms. The summed E-state index contributed by atoms with van der Waals surface area (Å²) in [6.07, 6.45) is 1.63. The summed E-state index contributed by atoms with van der Waals surface area (Å²) < 4.78 is 6.95. The van der Waals surface area contributed by atoms with Crippen molar-refractivity contribution in [2.24, 2.45) is 0 Å². The largest absolute Gasteiger partial charge is 0.383 e. The van der Waals surface area contributed by atoms with Crippen molar-refractivity contribution in [1.82, 2.24) is 25.0 Å². The van der Waals surface area contributed by atoms with Crippen LogP contribution in [-0.4, -0.2) is 60.1 Å². The van der Waals surface area contributed by atoms with E-state index in [0.717, 1.165) is 38.6 Å². The van der Waals surface area contributed by atoms with Gasteiger partial charge in [0.2, 0.25) is 0 Å². The third-order valence-corrected chi connectivity index (χ3v) is 2.70. The van der Waals surface area contributed by atoms with Gasteiger partial charge in [0.15, 0.2) is 0 Å². The Morgan fingerprint density at radius 3 is 2.89 bits per heavy atom. The minimum Gasteiger partial charge on any atom is -0.383 e. The number of hydrogen-bond donors (Lipinski definition) is 1. The van der Waals surface area contributed by atoms with Crippen LogP contribution in [-0.2, 0) is 11.3 Å². The molecule has 0 atom stereocenters. The molecule has 0 spiro atoms. The van der Waals surface area contributed by atoms with E-state index in [0.29, 0.717) is 6.04 Å². The lowest BCUT2D eigenvalue weighted by atomic mass is 10.4. The monoisotopic (exact) mass is 255 g/mol. The van der Waals surface area contributed by atoms with Gasteiger partial charge in [-0.25, -0.2) is 9.67 Å². The van der Waals surface area contributed by atoms with Gasteiger partial charge in [0.1, 0.15) is 12.2 Å². The summed E-state index contributed by atoms with van der Waals surface area (Å²) in [4.78, 5) is 6.54. The second-order valence-electron chi connectivity index (χ2n) is 4.70. The first-order valence-corrected chi connectivity index (χ1v) is 6.41. The SMILES string of the molecule is COCCNCCN(C)Cc1ncnn1C(C)C. The van der Waals surface area contributed by atoms with E-state index in [1.165, 1.54) is 0 Å². The predicted molar refractivity (Wildman–Crippen MR) is 71.5 cm³/mol. The van der Waals surface area contributed by atoms with Gasteiger partial charge in [-0.3, -0.25) is 4.90 Å². The van der Waals surface area contributed by atoms with Gasteiger partial charge in [0.05, 0.1) is 13.2 Å². The Hall–Kier alpha value is -0.980. The van der Waals surface area contributed by atoms with Crippen LogP contribution in [0.5, 0.6) is 0 Å². The number of ether oxygens (including phenoxy) is 1. The van der Waals surface area contributed by atoms with Crippen LogP contribution in [0, 0.1) is 0 Å². The van der Waals surface area contributed by atoms with E-state index >= 15 is 0 Å². The molecular weight excluding hydrogens is 230 g/mol. The fourth-order valence-corrected chi connectivity index (χ4v) is 1.71. The number of aromatic nitrogens is 3. The molecule has 0 aliphatic carbocycles. The molecule has 0 bridgehead atoms. The average molecular weight is 255 g/mol. The number of likely N-dealkylation sites (N-methyl/N-ethyl adjacent to an activating group) is 1. The van der Waals surface area contributed by atoms with Gasteiger partial charge >= 0.3 is 0 Å². The highest BCUT2D eigenvalue weighted by atomic mass is 16.5. The normalized spacial score (nSPS) is 11.7. The third-order valence-electron chi connectivity index (χ3n) is 2.70. The summed E-state index contributed by atoms with van der Waals surface area (Å²) in [5, 5.41) is 7.56. The molecule has 0 aromatic carbocycles. The molecule has 0 saturated heterocycles. The topological polar surface area (TPSA) is 55.2 Å². The van der Waals surface area contributed by atoms with Crippen LogP contribution in [0.15, 0.2) is 6.33 Å². The summed E-state index contributed by atoms with van der Waals surface area (Å²) in [7, 11) is 3.81. The third kappa shape index (κ3) is 5.12. The number of rotatable bonds is 9. The number of hydrogen-bond acceptors (Lipinski definition) is 5. The van der Waals surface area contributed by atoms with E-state index in [2.05, 4.69) is 41.2 Å². The maximum absolute atomic E-state index is 4.98. The van der Waals surface area contributed by atoms with Crippen molar-refractivity contribution < 1.29 is 4.74 Å². The van der Waals surface area contributed by atoms with E-state index in [1.807, 2.05) is 4.68 Å². The van der Waals surface area contributed by atoms with Crippen LogP contribution in [0.3, 0.4) is 0 Å². The molecular formula is C12H25N5O. The Morgan fingerprint density at radius 1 is 1.44 bits per heavy atom. The molecule has 1 aromatic rings. The van der Waals surface area contributed by atoms with Gasteiger partial charge < -0.3 is 10.1 Å². The lowest BCUT2D eigenvalue weighted by molar-refractivity contribution is 0.197. The average Bonchev–Trinajstić information content (AvgIpc) is 2.77. The molecule has 1 N–H and O–H groups in total. The molecule has 104 valence electrons. The van der Waals surface area contributed by atoms with Crippen molar-refractivity contribution >= 4 is 0 Å². The Labute approximate surface area is 109 Å². The number of nitrogens with one attached hydrogen (secondary N) is 1. The second kappa shape index (κ2) is 8.18. The highest BCUT2D eigenvalue weighted by Crippen LogP contribution is 2.06. The lowest BCUT2D eigenvalue weighted by Gasteiger charge is -2.18. The zero-order chi connectivity index (χ0) is 13.4. The Balaban J connectivity index is 2.26. The molecule has 0 unspecified atom stereocenters. The summed E-state index contributed by atoms with van der Waals surface area (Å²) in [6, 6.07) is 0.357. The van der Waals surface area contributed by atoms with E-state index in [9.17, 15) is 0 Å². The van der Waals surface area contributed by atoms with E-state index < -0.39 is 0 Å². The second-order valence-corrected chi connectivity index (χ2v) is 4.70. The smallest absolute Gasteiger partial charge is 0.141 e. The predicted octanol–water partition coefficient (Wildman–Crippen LogP) is 0.527. The van der Waals surface area contributed by atoms with Crippen molar-refractivity contribution in [3.8, 4) is 0 Å². The van der Waals surface area contributed by atoms with Crippen molar-refractivity contribution in [2.75, 3.05) is 40.4 Å². The first-order valence-electron chi connectivity index (χ1n) is 6.41. The standard InChI is InChI=1S/C12H25N5O/c1-11(2)17-12(14-10-15-17)9-16(3)7-5-13-6-8-18-4/h10-11,13H,5-9H2,1-4H3. The van der Waals surface area contributed by atoms with E-state index in [-0.39, 0.29) is 0 Å². The van der Waals surface area contributed by atoms with Crippen molar-refractivity contribution in [2.45, 2.75) is 26.4 Å². The Morgan fingerprint density at radius 2 is 2.22 bits per heavy atom. The maximum atomic E-state index is 4.98. The fraction of sp³-hybridized carbons (Fsp3) is 0.833. The summed E-state index contributed by atoms with van der Waals surface area (Å²) in [6.45, 7) is 8.64. The van der Waals surface area contributed by atoms with Crippen molar-refractivity contribution in [1.29, 1.82) is 0 Å². The fourth-order valence-electron chi connectivity index (χ4n) is 1.71. The van der Waals surface area contributed by atoms with Gasteiger partial charge in [-0.1, -0.05) is 0 Å². The molecule has 0 amide bonds. The van der Waals surface area contributed by atoms with Gasteiger partial charge in [-0.15, -0.1) is 0 Å². The molecule has 1 heterocycles. The maximum Gasteiger partial charge on any atom is 0.141 e. The van der Waals surface area contributed by atoms with Crippen molar-refractivity contribution in [3.63, 3.8) is 0 Å². The zero-order valence-electron chi connectivity index (χ0n) is 11.9. The minimum absolute atomic E-state index is 0.357. The molecule has 0 fully saturated rings. The molecule has 1 rings (SSSR count). The molecule has 6 heteroatoms.